The highest BCUT2D eigenvalue weighted by atomic mass is 16.5. The van der Waals surface area contributed by atoms with Crippen LogP contribution in [0.3, 0.4) is 0 Å². The molecule has 0 atom stereocenters. The normalized spacial score (nSPS) is 14.5. The lowest BCUT2D eigenvalue weighted by molar-refractivity contribution is 0.0322. The van der Waals surface area contributed by atoms with Gasteiger partial charge < -0.3 is 19.0 Å². The van der Waals surface area contributed by atoms with Gasteiger partial charge in [-0.1, -0.05) is 54.1 Å². The highest BCUT2D eigenvalue weighted by Crippen LogP contribution is 2.33. The van der Waals surface area contributed by atoms with Gasteiger partial charge in [0.15, 0.2) is 0 Å². The molecule has 0 spiro atoms. The molecule has 0 radical (unpaired) electrons. The van der Waals surface area contributed by atoms with Crippen LogP contribution in [0.25, 0.3) is 22.3 Å². The lowest BCUT2D eigenvalue weighted by atomic mass is 10.0. The van der Waals surface area contributed by atoms with Crippen molar-refractivity contribution in [2.75, 3.05) is 39.5 Å². The maximum atomic E-state index is 13.5. The number of hydrogen-bond donors (Lipinski definition) is 1. The van der Waals surface area contributed by atoms with Crippen molar-refractivity contribution < 1.29 is 19.0 Å². The zero-order chi connectivity index (χ0) is 23.9. The van der Waals surface area contributed by atoms with Gasteiger partial charge in [-0.3, -0.25) is 9.69 Å². The van der Waals surface area contributed by atoms with Crippen LogP contribution in [-0.4, -0.2) is 49.5 Å². The number of morpholine rings is 1. The maximum Gasteiger partial charge on any atom is 0.200 e. The Labute approximate surface area is 199 Å². The Morgan fingerprint density at radius 3 is 2.65 bits per heavy atom. The molecule has 1 fully saturated rings. The van der Waals surface area contributed by atoms with Gasteiger partial charge >= 0.3 is 0 Å². The second kappa shape index (κ2) is 11.2. The van der Waals surface area contributed by atoms with E-state index in [9.17, 15) is 9.90 Å². The number of fused-ring (bicyclic) bond motifs is 1. The van der Waals surface area contributed by atoms with E-state index in [1.807, 2.05) is 62.4 Å². The number of ether oxygens (including phenoxy) is 2. The topological polar surface area (TPSA) is 72.1 Å². The van der Waals surface area contributed by atoms with E-state index in [1.54, 1.807) is 6.07 Å². The van der Waals surface area contributed by atoms with E-state index in [-0.39, 0.29) is 16.6 Å². The standard InChI is InChI=1S/C28H31NO5/c1-20(2)8-6-7-11-23-27(31)26-24(30)18-22(33-17-14-29-12-15-32-16-13-29)19-25(26)34-28(23)21-9-4-3-5-10-21/h3-10,18-19,30H,11-17H2,1-2H3/b7-6+. The van der Waals surface area contributed by atoms with Crippen LogP contribution in [0.15, 0.2) is 75.5 Å². The number of aromatic hydroxyl groups is 1. The average Bonchev–Trinajstić information content (AvgIpc) is 2.83. The lowest BCUT2D eigenvalue weighted by Gasteiger charge is -2.26. The van der Waals surface area contributed by atoms with Gasteiger partial charge in [0.2, 0.25) is 5.43 Å². The van der Waals surface area contributed by atoms with Crippen molar-refractivity contribution >= 4 is 11.0 Å². The number of allylic oxidation sites excluding steroid dienone is 4. The summed E-state index contributed by atoms with van der Waals surface area (Å²) in [6.45, 7) is 8.49. The molecule has 0 bridgehead atoms. The van der Waals surface area contributed by atoms with Gasteiger partial charge in [-0.15, -0.1) is 0 Å². The van der Waals surface area contributed by atoms with Crippen molar-refractivity contribution in [3.05, 3.63) is 82.1 Å². The van der Waals surface area contributed by atoms with Crippen molar-refractivity contribution in [1.82, 2.24) is 4.90 Å². The number of nitrogens with zero attached hydrogens (tertiary/aromatic N) is 1. The average molecular weight is 462 g/mol. The highest BCUT2D eigenvalue weighted by Gasteiger charge is 2.19. The van der Waals surface area contributed by atoms with Crippen LogP contribution >= 0.6 is 0 Å². The summed E-state index contributed by atoms with van der Waals surface area (Å²) in [5, 5.41) is 10.9. The first-order valence-electron chi connectivity index (χ1n) is 11.6. The van der Waals surface area contributed by atoms with Gasteiger partial charge in [0, 0.05) is 42.9 Å². The minimum atomic E-state index is -0.237. The van der Waals surface area contributed by atoms with Crippen molar-refractivity contribution in [2.24, 2.45) is 0 Å². The van der Waals surface area contributed by atoms with E-state index < -0.39 is 0 Å². The molecule has 1 N–H and O–H groups in total. The summed E-state index contributed by atoms with van der Waals surface area (Å²) in [6, 6.07) is 12.7. The fraction of sp³-hybridized carbons (Fsp3) is 0.321. The zero-order valence-corrected chi connectivity index (χ0v) is 19.8. The van der Waals surface area contributed by atoms with Gasteiger partial charge in [0.25, 0.3) is 0 Å². The number of hydrogen-bond acceptors (Lipinski definition) is 6. The summed E-state index contributed by atoms with van der Waals surface area (Å²) in [5.41, 5.74) is 2.56. The van der Waals surface area contributed by atoms with E-state index in [2.05, 4.69) is 4.90 Å². The number of rotatable bonds is 8. The fourth-order valence-corrected chi connectivity index (χ4v) is 3.97. The minimum absolute atomic E-state index is 0.137. The monoisotopic (exact) mass is 461 g/mol. The summed E-state index contributed by atoms with van der Waals surface area (Å²) in [4.78, 5) is 15.7. The highest BCUT2D eigenvalue weighted by molar-refractivity contribution is 5.87. The van der Waals surface area contributed by atoms with E-state index in [4.69, 9.17) is 13.9 Å². The van der Waals surface area contributed by atoms with Crippen molar-refractivity contribution in [2.45, 2.75) is 20.3 Å². The molecule has 1 saturated heterocycles. The molecule has 2 heterocycles. The smallest absolute Gasteiger partial charge is 0.200 e. The molecule has 0 saturated carbocycles. The molecule has 1 aliphatic heterocycles. The summed E-state index contributed by atoms with van der Waals surface area (Å²) in [5.74, 6) is 0.836. The molecule has 0 aliphatic carbocycles. The molecule has 0 unspecified atom stereocenters. The van der Waals surface area contributed by atoms with Crippen LogP contribution in [-0.2, 0) is 11.2 Å². The molecular formula is C28H31NO5. The quantitative estimate of drug-likeness (QED) is 0.479. The Balaban J connectivity index is 1.68. The molecule has 0 amide bonds. The molecule has 6 nitrogen and oxygen atoms in total. The van der Waals surface area contributed by atoms with Crippen LogP contribution in [0.4, 0.5) is 0 Å². The summed E-state index contributed by atoms with van der Waals surface area (Å²) >= 11 is 0. The molecule has 1 aromatic heterocycles. The van der Waals surface area contributed by atoms with E-state index in [1.165, 1.54) is 11.6 Å². The van der Waals surface area contributed by atoms with E-state index in [0.29, 0.717) is 35.7 Å². The first-order valence-corrected chi connectivity index (χ1v) is 11.6. The fourth-order valence-electron chi connectivity index (χ4n) is 3.97. The Hall–Kier alpha value is -3.35. The molecule has 4 rings (SSSR count). The molecular weight excluding hydrogens is 430 g/mol. The molecule has 178 valence electrons. The first kappa shape index (κ1) is 23.8. The zero-order valence-electron chi connectivity index (χ0n) is 19.8. The Morgan fingerprint density at radius 1 is 1.15 bits per heavy atom. The third kappa shape index (κ3) is 5.76. The van der Waals surface area contributed by atoms with Crippen molar-refractivity contribution in [3.8, 4) is 22.8 Å². The van der Waals surface area contributed by atoms with Crippen LogP contribution in [0.1, 0.15) is 19.4 Å². The van der Waals surface area contributed by atoms with Crippen LogP contribution in [0.2, 0.25) is 0 Å². The molecule has 34 heavy (non-hydrogen) atoms. The van der Waals surface area contributed by atoms with E-state index in [0.717, 1.165) is 38.4 Å². The molecule has 2 aromatic carbocycles. The summed E-state index contributed by atoms with van der Waals surface area (Å²) < 4.78 is 17.5. The van der Waals surface area contributed by atoms with Crippen LogP contribution in [0, 0.1) is 0 Å². The Bertz CT molecular complexity index is 1230. The van der Waals surface area contributed by atoms with Crippen LogP contribution in [0.5, 0.6) is 11.5 Å². The third-order valence-electron chi connectivity index (χ3n) is 5.75. The first-order chi connectivity index (χ1) is 16.5. The number of benzene rings is 2. The molecule has 1 aliphatic rings. The van der Waals surface area contributed by atoms with Crippen LogP contribution < -0.4 is 10.2 Å². The second-order valence-electron chi connectivity index (χ2n) is 8.60. The van der Waals surface area contributed by atoms with E-state index >= 15 is 0 Å². The predicted molar refractivity (Wildman–Crippen MR) is 135 cm³/mol. The summed E-state index contributed by atoms with van der Waals surface area (Å²) in [7, 11) is 0. The Morgan fingerprint density at radius 2 is 1.91 bits per heavy atom. The van der Waals surface area contributed by atoms with Gasteiger partial charge in [-0.2, -0.15) is 0 Å². The maximum absolute atomic E-state index is 13.5. The second-order valence-corrected chi connectivity index (χ2v) is 8.60. The third-order valence-corrected chi connectivity index (χ3v) is 5.75. The van der Waals surface area contributed by atoms with Crippen molar-refractivity contribution in [3.63, 3.8) is 0 Å². The molecule has 6 heteroatoms. The Kier molecular flexibility index (Phi) is 7.83. The van der Waals surface area contributed by atoms with Gasteiger partial charge in [0.05, 0.1) is 13.2 Å². The lowest BCUT2D eigenvalue weighted by Crippen LogP contribution is -2.38. The largest absolute Gasteiger partial charge is 0.507 e. The van der Waals surface area contributed by atoms with Gasteiger partial charge in [-0.25, -0.2) is 0 Å². The van der Waals surface area contributed by atoms with Gasteiger partial charge in [0.1, 0.15) is 34.8 Å². The predicted octanol–water partition coefficient (Wildman–Crippen LogP) is 4.94. The minimum Gasteiger partial charge on any atom is -0.507 e. The number of phenols is 1. The number of phenolic OH excluding ortho intramolecular Hbond substituents is 1. The summed E-state index contributed by atoms with van der Waals surface area (Å²) in [6.07, 6.45) is 6.24. The SMILES string of the molecule is CC(C)=C/C=C/Cc1c(-c2ccccc2)oc2cc(OCCN3CCOCC3)cc(O)c2c1=O. The molecule has 3 aromatic rings. The van der Waals surface area contributed by atoms with Crippen molar-refractivity contribution in [1.29, 1.82) is 0 Å². The van der Waals surface area contributed by atoms with Gasteiger partial charge in [-0.05, 0) is 20.3 Å².